The Kier molecular flexibility index (Phi) is 5.05. The number of nitrogens with zero attached hydrogens (tertiary/aromatic N) is 2. The van der Waals surface area contributed by atoms with E-state index in [9.17, 15) is 4.79 Å². The molecule has 1 amide bonds. The number of anilines is 2. The Balaban J connectivity index is 1.61. The highest BCUT2D eigenvalue weighted by Gasteiger charge is 2.19. The number of nitrogen functional groups attached to an aromatic ring is 1. The third-order valence-electron chi connectivity index (χ3n) is 4.29. The van der Waals surface area contributed by atoms with E-state index in [4.69, 9.17) is 17.3 Å². The van der Waals surface area contributed by atoms with E-state index in [2.05, 4.69) is 29.1 Å². The first-order chi connectivity index (χ1) is 13.4. The van der Waals surface area contributed by atoms with E-state index < -0.39 is 0 Å². The zero-order valence-electron chi connectivity index (χ0n) is 15.2. The Labute approximate surface area is 175 Å². The Morgan fingerprint density at radius 3 is 2.71 bits per heavy atom. The quantitative estimate of drug-likeness (QED) is 0.415. The van der Waals surface area contributed by atoms with Gasteiger partial charge in [-0.3, -0.25) is 10.1 Å². The molecule has 4 aromatic rings. The van der Waals surface area contributed by atoms with Crippen molar-refractivity contribution >= 4 is 61.2 Å². The second kappa shape index (κ2) is 7.50. The fourth-order valence-corrected chi connectivity index (χ4v) is 4.71. The van der Waals surface area contributed by atoms with E-state index >= 15 is 0 Å². The topological polar surface area (TPSA) is 80.9 Å². The van der Waals surface area contributed by atoms with Crippen molar-refractivity contribution in [3.05, 3.63) is 57.4 Å². The zero-order chi connectivity index (χ0) is 19.8. The number of rotatable bonds is 4. The molecule has 0 atom stereocenters. The number of nitrogens with one attached hydrogen (secondary N) is 1. The van der Waals surface area contributed by atoms with Crippen LogP contribution >= 0.6 is 34.3 Å². The molecule has 5 nitrogen and oxygen atoms in total. The zero-order valence-corrected chi connectivity index (χ0v) is 17.6. The summed E-state index contributed by atoms with van der Waals surface area (Å²) in [5.41, 5.74) is 9.18. The number of benzene rings is 1. The van der Waals surface area contributed by atoms with Gasteiger partial charge in [-0.25, -0.2) is 9.97 Å². The van der Waals surface area contributed by atoms with Crippen LogP contribution in [0.25, 0.3) is 21.5 Å². The van der Waals surface area contributed by atoms with Gasteiger partial charge in [-0.15, -0.1) is 22.7 Å². The lowest BCUT2D eigenvalue weighted by Gasteiger charge is -2.03. The Hall–Kier alpha value is -2.48. The van der Waals surface area contributed by atoms with Crippen LogP contribution in [0.2, 0.25) is 5.02 Å². The van der Waals surface area contributed by atoms with Gasteiger partial charge in [0.15, 0.2) is 5.13 Å². The molecule has 0 spiro atoms. The second-order valence-corrected chi connectivity index (χ2v) is 8.82. The van der Waals surface area contributed by atoms with Crippen molar-refractivity contribution in [3.8, 4) is 11.3 Å². The average molecular weight is 429 g/mol. The van der Waals surface area contributed by atoms with E-state index in [0.29, 0.717) is 26.6 Å². The van der Waals surface area contributed by atoms with Gasteiger partial charge in [-0.05, 0) is 24.1 Å². The van der Waals surface area contributed by atoms with Crippen LogP contribution in [0.15, 0.2) is 41.8 Å². The predicted octanol–water partition coefficient (Wildman–Crippen LogP) is 6.03. The summed E-state index contributed by atoms with van der Waals surface area (Å²) in [5.74, 6) is 0.0233. The molecule has 4 rings (SSSR count). The van der Waals surface area contributed by atoms with E-state index in [1.54, 1.807) is 0 Å². The molecule has 8 heteroatoms. The number of hydrogen-bond donors (Lipinski definition) is 2. The number of hydrogen-bond acceptors (Lipinski definition) is 6. The van der Waals surface area contributed by atoms with Crippen molar-refractivity contribution in [1.29, 1.82) is 0 Å². The predicted molar refractivity (Wildman–Crippen MR) is 119 cm³/mol. The number of halogens is 1. The molecular weight excluding hydrogens is 412 g/mol. The third-order valence-corrected chi connectivity index (χ3v) is 6.49. The first-order valence-corrected chi connectivity index (χ1v) is 10.7. The normalized spacial score (nSPS) is 11.3. The number of pyridine rings is 1. The number of amides is 1. The van der Waals surface area contributed by atoms with Gasteiger partial charge in [0.1, 0.15) is 9.71 Å². The number of carbonyl (C=O) groups excluding carboxylic acids is 1. The SMILES string of the molecule is CC(C)c1ccc2c(N)c(C(=O)Nc3nc(-c4ccccc4Cl)cs3)sc2n1. The highest BCUT2D eigenvalue weighted by Crippen LogP contribution is 2.35. The number of nitrogens with two attached hydrogens (primary N) is 1. The maximum Gasteiger partial charge on any atom is 0.269 e. The molecule has 0 bridgehead atoms. The van der Waals surface area contributed by atoms with Crippen LogP contribution in [0.5, 0.6) is 0 Å². The van der Waals surface area contributed by atoms with Gasteiger partial charge in [-0.2, -0.15) is 0 Å². The minimum absolute atomic E-state index is 0.286. The summed E-state index contributed by atoms with van der Waals surface area (Å²) in [6.45, 7) is 4.16. The lowest BCUT2D eigenvalue weighted by Crippen LogP contribution is -2.11. The van der Waals surface area contributed by atoms with Gasteiger partial charge in [0.2, 0.25) is 0 Å². The van der Waals surface area contributed by atoms with Gasteiger partial charge in [0.25, 0.3) is 5.91 Å². The van der Waals surface area contributed by atoms with Crippen molar-refractivity contribution in [2.75, 3.05) is 11.1 Å². The molecule has 0 unspecified atom stereocenters. The van der Waals surface area contributed by atoms with Gasteiger partial charge in [-0.1, -0.05) is 43.6 Å². The highest BCUT2D eigenvalue weighted by molar-refractivity contribution is 7.21. The summed E-state index contributed by atoms with van der Waals surface area (Å²) < 4.78 is 0. The van der Waals surface area contributed by atoms with Gasteiger partial charge >= 0.3 is 0 Å². The summed E-state index contributed by atoms with van der Waals surface area (Å²) in [7, 11) is 0. The van der Waals surface area contributed by atoms with Crippen LogP contribution < -0.4 is 11.1 Å². The Bertz CT molecular complexity index is 1180. The van der Waals surface area contributed by atoms with E-state index in [0.717, 1.165) is 27.2 Å². The molecule has 3 N–H and O–H groups in total. The lowest BCUT2D eigenvalue weighted by molar-refractivity contribution is 0.103. The fraction of sp³-hybridized carbons (Fsp3) is 0.150. The summed E-state index contributed by atoms with van der Waals surface area (Å²) in [6, 6.07) is 11.3. The first-order valence-electron chi connectivity index (χ1n) is 8.64. The van der Waals surface area contributed by atoms with Crippen LogP contribution in [0.4, 0.5) is 10.8 Å². The standard InChI is InChI=1S/C20H17ClN4OS2/c1-10(2)14-8-7-12-16(22)17(28-19(12)23-14)18(26)25-20-24-15(9-27-20)11-5-3-4-6-13(11)21/h3-10H,22H2,1-2H3,(H,24,25,26). The lowest BCUT2D eigenvalue weighted by atomic mass is 10.1. The molecule has 0 aliphatic carbocycles. The summed E-state index contributed by atoms with van der Waals surface area (Å²) in [5, 5.41) is 6.61. The fourth-order valence-electron chi connectivity index (χ4n) is 2.78. The molecule has 0 aliphatic rings. The minimum atomic E-state index is -0.286. The van der Waals surface area contributed by atoms with E-state index in [1.165, 1.54) is 22.7 Å². The molecular formula is C20H17ClN4OS2. The molecule has 0 saturated heterocycles. The molecule has 0 radical (unpaired) electrons. The van der Waals surface area contributed by atoms with Gasteiger partial charge in [0, 0.05) is 27.0 Å². The van der Waals surface area contributed by atoms with Crippen LogP contribution in [-0.2, 0) is 0 Å². The number of carbonyl (C=O) groups is 1. The van der Waals surface area contributed by atoms with Crippen molar-refractivity contribution < 1.29 is 4.79 Å². The molecule has 0 saturated carbocycles. The molecule has 1 aromatic carbocycles. The van der Waals surface area contributed by atoms with Crippen LogP contribution in [0.3, 0.4) is 0 Å². The second-order valence-electron chi connectivity index (χ2n) is 6.56. The van der Waals surface area contributed by atoms with Crippen molar-refractivity contribution in [2.45, 2.75) is 19.8 Å². The molecule has 142 valence electrons. The first kappa shape index (κ1) is 18.9. The largest absolute Gasteiger partial charge is 0.397 e. The summed E-state index contributed by atoms with van der Waals surface area (Å²) in [6.07, 6.45) is 0. The Morgan fingerprint density at radius 1 is 1.18 bits per heavy atom. The maximum absolute atomic E-state index is 12.8. The monoisotopic (exact) mass is 428 g/mol. The average Bonchev–Trinajstić information content (AvgIpc) is 3.26. The maximum atomic E-state index is 12.8. The van der Waals surface area contributed by atoms with Gasteiger partial charge < -0.3 is 5.73 Å². The smallest absolute Gasteiger partial charge is 0.269 e. The highest BCUT2D eigenvalue weighted by atomic mass is 35.5. The van der Waals surface area contributed by atoms with E-state index in [-0.39, 0.29) is 5.91 Å². The number of fused-ring (bicyclic) bond motifs is 1. The van der Waals surface area contributed by atoms with Crippen molar-refractivity contribution in [1.82, 2.24) is 9.97 Å². The van der Waals surface area contributed by atoms with Crippen LogP contribution in [-0.4, -0.2) is 15.9 Å². The number of thiophene rings is 1. The minimum Gasteiger partial charge on any atom is -0.397 e. The number of aromatic nitrogens is 2. The molecule has 0 aliphatic heterocycles. The Morgan fingerprint density at radius 2 is 1.96 bits per heavy atom. The van der Waals surface area contributed by atoms with Gasteiger partial charge in [0.05, 0.1) is 11.4 Å². The molecule has 28 heavy (non-hydrogen) atoms. The summed E-state index contributed by atoms with van der Waals surface area (Å²) in [4.78, 5) is 23.1. The van der Waals surface area contributed by atoms with Crippen LogP contribution in [0, 0.1) is 0 Å². The van der Waals surface area contributed by atoms with Crippen molar-refractivity contribution in [2.24, 2.45) is 0 Å². The molecule has 3 aromatic heterocycles. The van der Waals surface area contributed by atoms with Crippen LogP contribution in [0.1, 0.15) is 35.1 Å². The molecule has 3 heterocycles. The van der Waals surface area contributed by atoms with Crippen molar-refractivity contribution in [3.63, 3.8) is 0 Å². The number of thiazole rings is 1. The summed E-state index contributed by atoms with van der Waals surface area (Å²) >= 11 is 8.86. The van der Waals surface area contributed by atoms with E-state index in [1.807, 2.05) is 41.8 Å². The third kappa shape index (κ3) is 3.48. The molecule has 0 fully saturated rings.